The molecule has 0 aliphatic heterocycles. The van der Waals surface area contributed by atoms with E-state index in [2.05, 4.69) is 22.4 Å². The third-order valence-corrected chi connectivity index (χ3v) is 4.03. The zero-order chi connectivity index (χ0) is 14.2. The summed E-state index contributed by atoms with van der Waals surface area (Å²) in [6.07, 6.45) is 4.24. The number of carbonyl (C=O) groups excluding carboxylic acids is 1. The van der Waals surface area contributed by atoms with Crippen molar-refractivity contribution in [2.24, 2.45) is 0 Å². The largest absolute Gasteiger partial charge is 0.345 e. The van der Waals surface area contributed by atoms with Crippen LogP contribution in [0.3, 0.4) is 0 Å². The number of nitrogens with zero attached hydrogens (tertiary/aromatic N) is 1. The summed E-state index contributed by atoms with van der Waals surface area (Å²) in [4.78, 5) is 24.1. The Hall–Kier alpha value is -2.17. The fourth-order valence-electron chi connectivity index (χ4n) is 2.90. The van der Waals surface area contributed by atoms with E-state index in [0.717, 1.165) is 25.7 Å². The van der Waals surface area contributed by atoms with Gasteiger partial charge in [-0.05, 0) is 25.8 Å². The lowest BCUT2D eigenvalue weighted by Crippen LogP contribution is -2.44. The first-order chi connectivity index (χ1) is 9.59. The summed E-state index contributed by atoms with van der Waals surface area (Å²) in [6, 6.07) is 7.03. The zero-order valence-electron chi connectivity index (χ0n) is 11.4. The van der Waals surface area contributed by atoms with Crippen LogP contribution in [0.25, 0.3) is 10.8 Å². The monoisotopic (exact) mass is 271 g/mol. The highest BCUT2D eigenvalue weighted by molar-refractivity contribution is 6.04. The molecule has 0 atom stereocenters. The number of nitrogens with one attached hydrogen (secondary N) is 2. The van der Waals surface area contributed by atoms with Crippen molar-refractivity contribution in [1.29, 1.82) is 0 Å². The van der Waals surface area contributed by atoms with Crippen molar-refractivity contribution in [1.82, 2.24) is 15.5 Å². The van der Waals surface area contributed by atoms with E-state index in [1.54, 1.807) is 24.3 Å². The topological polar surface area (TPSA) is 74.8 Å². The molecular formula is C15H17N3O2. The van der Waals surface area contributed by atoms with Crippen LogP contribution in [-0.2, 0) is 0 Å². The Morgan fingerprint density at radius 3 is 2.60 bits per heavy atom. The van der Waals surface area contributed by atoms with Gasteiger partial charge in [-0.15, -0.1) is 0 Å². The Morgan fingerprint density at radius 1 is 1.25 bits per heavy atom. The van der Waals surface area contributed by atoms with Gasteiger partial charge >= 0.3 is 0 Å². The van der Waals surface area contributed by atoms with Crippen LogP contribution in [-0.4, -0.2) is 21.6 Å². The Morgan fingerprint density at radius 2 is 1.90 bits per heavy atom. The highest BCUT2D eigenvalue weighted by atomic mass is 16.2. The average Bonchev–Trinajstić information content (AvgIpc) is 2.86. The summed E-state index contributed by atoms with van der Waals surface area (Å²) in [6.45, 7) is 2.06. The number of benzene rings is 1. The first-order valence-corrected chi connectivity index (χ1v) is 6.89. The molecule has 0 unspecified atom stereocenters. The van der Waals surface area contributed by atoms with Crippen molar-refractivity contribution in [3.63, 3.8) is 0 Å². The Balaban J connectivity index is 2.00. The maximum absolute atomic E-state index is 12.4. The van der Waals surface area contributed by atoms with Crippen LogP contribution < -0.4 is 10.9 Å². The highest BCUT2D eigenvalue weighted by Gasteiger charge is 2.31. The molecule has 1 aliphatic rings. The summed E-state index contributed by atoms with van der Waals surface area (Å²) in [5.74, 6) is -0.221. The SMILES string of the molecule is CC1(NC(=O)c2n[nH]c(=O)c3ccccc23)CCCC1. The van der Waals surface area contributed by atoms with Gasteiger partial charge in [-0.25, -0.2) is 5.10 Å². The molecule has 0 radical (unpaired) electrons. The fraction of sp³-hybridized carbons (Fsp3) is 0.400. The summed E-state index contributed by atoms with van der Waals surface area (Å²) in [5.41, 5.74) is -0.145. The standard InChI is InChI=1S/C15H17N3O2/c1-15(8-4-5-9-15)16-14(20)12-10-6-2-3-7-11(10)13(19)18-17-12/h2-3,6-7H,4-5,8-9H2,1H3,(H,16,20)(H,18,19). The molecular weight excluding hydrogens is 254 g/mol. The molecule has 1 fully saturated rings. The Labute approximate surface area is 116 Å². The molecule has 104 valence electrons. The molecule has 1 amide bonds. The molecule has 2 aromatic rings. The van der Waals surface area contributed by atoms with E-state index in [1.807, 2.05) is 0 Å². The lowest BCUT2D eigenvalue weighted by Gasteiger charge is -2.25. The predicted molar refractivity (Wildman–Crippen MR) is 76.7 cm³/mol. The van der Waals surface area contributed by atoms with E-state index in [-0.39, 0.29) is 22.7 Å². The minimum Gasteiger partial charge on any atom is -0.345 e. The van der Waals surface area contributed by atoms with E-state index >= 15 is 0 Å². The number of rotatable bonds is 2. The number of carbonyl (C=O) groups is 1. The van der Waals surface area contributed by atoms with Crippen molar-refractivity contribution < 1.29 is 4.79 Å². The van der Waals surface area contributed by atoms with Gasteiger partial charge in [-0.1, -0.05) is 31.0 Å². The normalized spacial score (nSPS) is 17.2. The minimum atomic E-state index is -0.274. The zero-order valence-corrected chi connectivity index (χ0v) is 11.4. The van der Waals surface area contributed by atoms with Crippen LogP contribution in [0.4, 0.5) is 0 Å². The minimum absolute atomic E-state index is 0.157. The fourth-order valence-corrected chi connectivity index (χ4v) is 2.90. The molecule has 3 rings (SSSR count). The highest BCUT2D eigenvalue weighted by Crippen LogP contribution is 2.29. The van der Waals surface area contributed by atoms with E-state index in [0.29, 0.717) is 10.8 Å². The molecule has 1 heterocycles. The molecule has 5 nitrogen and oxygen atoms in total. The molecule has 1 aromatic carbocycles. The van der Waals surface area contributed by atoms with Gasteiger partial charge in [0, 0.05) is 10.9 Å². The average molecular weight is 271 g/mol. The van der Waals surface area contributed by atoms with Crippen molar-refractivity contribution in [3.05, 3.63) is 40.3 Å². The maximum Gasteiger partial charge on any atom is 0.272 e. The van der Waals surface area contributed by atoms with E-state index < -0.39 is 0 Å². The van der Waals surface area contributed by atoms with Crippen LogP contribution in [0.1, 0.15) is 43.1 Å². The lowest BCUT2D eigenvalue weighted by molar-refractivity contribution is 0.0904. The van der Waals surface area contributed by atoms with Gasteiger partial charge in [0.1, 0.15) is 0 Å². The van der Waals surface area contributed by atoms with Crippen LogP contribution in [0.5, 0.6) is 0 Å². The second-order valence-electron chi connectivity index (χ2n) is 5.67. The summed E-state index contributed by atoms with van der Waals surface area (Å²) in [7, 11) is 0. The number of amides is 1. The lowest BCUT2D eigenvalue weighted by atomic mass is 10.00. The molecule has 1 aromatic heterocycles. The van der Waals surface area contributed by atoms with E-state index in [9.17, 15) is 9.59 Å². The first-order valence-electron chi connectivity index (χ1n) is 6.89. The smallest absolute Gasteiger partial charge is 0.272 e. The quantitative estimate of drug-likeness (QED) is 0.877. The number of H-pyrrole nitrogens is 1. The number of aromatic nitrogens is 2. The van der Waals surface area contributed by atoms with Gasteiger partial charge in [0.25, 0.3) is 11.5 Å². The van der Waals surface area contributed by atoms with Crippen LogP contribution in [0, 0.1) is 0 Å². The van der Waals surface area contributed by atoms with E-state index in [1.165, 1.54) is 0 Å². The summed E-state index contributed by atoms with van der Waals surface area (Å²) >= 11 is 0. The Kier molecular flexibility index (Phi) is 3.04. The van der Waals surface area contributed by atoms with Gasteiger partial charge in [0.05, 0.1) is 5.39 Å². The molecule has 2 N–H and O–H groups in total. The van der Waals surface area contributed by atoms with Crippen LogP contribution in [0.2, 0.25) is 0 Å². The van der Waals surface area contributed by atoms with Crippen molar-refractivity contribution in [3.8, 4) is 0 Å². The number of hydrogen-bond acceptors (Lipinski definition) is 3. The van der Waals surface area contributed by atoms with Gasteiger partial charge in [-0.2, -0.15) is 5.10 Å². The molecule has 20 heavy (non-hydrogen) atoms. The molecule has 1 aliphatic carbocycles. The van der Waals surface area contributed by atoms with Gasteiger partial charge in [0.15, 0.2) is 5.69 Å². The third kappa shape index (κ3) is 2.19. The van der Waals surface area contributed by atoms with Gasteiger partial charge < -0.3 is 5.32 Å². The second-order valence-corrected chi connectivity index (χ2v) is 5.67. The van der Waals surface area contributed by atoms with E-state index in [4.69, 9.17) is 0 Å². The maximum atomic E-state index is 12.4. The molecule has 1 saturated carbocycles. The van der Waals surface area contributed by atoms with Gasteiger partial charge in [-0.3, -0.25) is 9.59 Å². The summed E-state index contributed by atoms with van der Waals surface area (Å²) < 4.78 is 0. The van der Waals surface area contributed by atoms with Gasteiger partial charge in [0.2, 0.25) is 0 Å². The molecule has 0 bridgehead atoms. The predicted octanol–water partition coefficient (Wildman–Crippen LogP) is 1.99. The van der Waals surface area contributed by atoms with Crippen LogP contribution >= 0.6 is 0 Å². The number of aromatic amines is 1. The number of hydrogen-bond donors (Lipinski definition) is 2. The number of fused-ring (bicyclic) bond motifs is 1. The van der Waals surface area contributed by atoms with Crippen molar-refractivity contribution in [2.75, 3.05) is 0 Å². The summed E-state index contributed by atoms with van der Waals surface area (Å²) in [5, 5.41) is 10.5. The first kappa shape index (κ1) is 12.8. The van der Waals surface area contributed by atoms with Crippen molar-refractivity contribution >= 4 is 16.7 Å². The molecule has 5 heteroatoms. The van der Waals surface area contributed by atoms with Crippen molar-refractivity contribution in [2.45, 2.75) is 38.1 Å². The Bertz CT molecular complexity index is 714. The van der Waals surface area contributed by atoms with Crippen LogP contribution in [0.15, 0.2) is 29.1 Å². The second kappa shape index (κ2) is 4.74. The molecule has 0 saturated heterocycles. The molecule has 0 spiro atoms. The third-order valence-electron chi connectivity index (χ3n) is 4.03.